The summed E-state index contributed by atoms with van der Waals surface area (Å²) in [7, 11) is 0. The molecule has 92 valence electrons. The first-order chi connectivity index (χ1) is 7.70. The van der Waals surface area contributed by atoms with Crippen molar-refractivity contribution in [3.05, 3.63) is 0 Å². The maximum absolute atomic E-state index is 12.0. The molecule has 3 heteroatoms. The van der Waals surface area contributed by atoms with Crippen molar-refractivity contribution in [3.63, 3.8) is 0 Å². The Morgan fingerprint density at radius 3 is 2.56 bits per heavy atom. The van der Waals surface area contributed by atoms with Gasteiger partial charge in [0.25, 0.3) is 0 Å². The molecule has 16 heavy (non-hydrogen) atoms. The van der Waals surface area contributed by atoms with Gasteiger partial charge in [-0.3, -0.25) is 4.79 Å². The molecular formula is C13H24N2O. The van der Waals surface area contributed by atoms with E-state index < -0.39 is 0 Å². The molecule has 1 N–H and O–H groups in total. The third-order valence-electron chi connectivity index (χ3n) is 3.89. The molecule has 3 nitrogen and oxygen atoms in total. The van der Waals surface area contributed by atoms with Gasteiger partial charge in [-0.2, -0.15) is 0 Å². The highest BCUT2D eigenvalue weighted by molar-refractivity contribution is 5.78. The van der Waals surface area contributed by atoms with Crippen LogP contribution in [0.2, 0.25) is 0 Å². The quantitative estimate of drug-likeness (QED) is 0.772. The van der Waals surface area contributed by atoms with E-state index in [-0.39, 0.29) is 0 Å². The number of hydrogen-bond acceptors (Lipinski definition) is 2. The molecule has 2 aliphatic carbocycles. The van der Waals surface area contributed by atoms with Crippen molar-refractivity contribution < 1.29 is 4.79 Å². The standard InChI is InChI=1S/C13H24N2O/c1-3-15(12-6-7-12)13(16)9-14-11-5-4-10(2)8-11/h10-12,14H,3-9H2,1-2H3. The van der Waals surface area contributed by atoms with Crippen LogP contribution in [-0.2, 0) is 4.79 Å². The van der Waals surface area contributed by atoms with E-state index in [0.29, 0.717) is 24.5 Å². The Morgan fingerprint density at radius 1 is 1.31 bits per heavy atom. The number of carbonyl (C=O) groups excluding carboxylic acids is 1. The predicted octanol–water partition coefficient (Wildman–Crippen LogP) is 1.78. The fraction of sp³-hybridized carbons (Fsp3) is 0.923. The highest BCUT2D eigenvalue weighted by Crippen LogP contribution is 2.27. The molecule has 0 aromatic rings. The average Bonchev–Trinajstić information content (AvgIpc) is 3.00. The van der Waals surface area contributed by atoms with Gasteiger partial charge in [-0.15, -0.1) is 0 Å². The zero-order valence-corrected chi connectivity index (χ0v) is 10.5. The summed E-state index contributed by atoms with van der Waals surface area (Å²) in [5.41, 5.74) is 0. The van der Waals surface area contributed by atoms with Crippen molar-refractivity contribution in [1.82, 2.24) is 10.2 Å². The molecule has 0 bridgehead atoms. The molecule has 2 fully saturated rings. The van der Waals surface area contributed by atoms with Gasteiger partial charge in [0.1, 0.15) is 0 Å². The summed E-state index contributed by atoms with van der Waals surface area (Å²) >= 11 is 0. The first-order valence-electron chi connectivity index (χ1n) is 6.73. The molecule has 0 aliphatic heterocycles. The molecule has 0 aromatic heterocycles. The normalized spacial score (nSPS) is 29.4. The monoisotopic (exact) mass is 224 g/mol. The minimum absolute atomic E-state index is 0.296. The fourth-order valence-electron chi connectivity index (χ4n) is 2.75. The minimum Gasteiger partial charge on any atom is -0.339 e. The van der Waals surface area contributed by atoms with Gasteiger partial charge in [-0.05, 0) is 44.9 Å². The van der Waals surface area contributed by atoms with Crippen LogP contribution in [0.4, 0.5) is 0 Å². The largest absolute Gasteiger partial charge is 0.339 e. The number of hydrogen-bond donors (Lipinski definition) is 1. The van der Waals surface area contributed by atoms with E-state index in [9.17, 15) is 4.79 Å². The second-order valence-corrected chi connectivity index (χ2v) is 5.41. The van der Waals surface area contributed by atoms with Crippen molar-refractivity contribution in [2.24, 2.45) is 5.92 Å². The van der Waals surface area contributed by atoms with Crippen LogP contribution < -0.4 is 5.32 Å². The Kier molecular flexibility index (Phi) is 3.85. The van der Waals surface area contributed by atoms with Crippen molar-refractivity contribution in [1.29, 1.82) is 0 Å². The molecule has 0 saturated heterocycles. The Labute approximate surface area is 98.6 Å². The van der Waals surface area contributed by atoms with Crippen molar-refractivity contribution in [2.75, 3.05) is 13.1 Å². The van der Waals surface area contributed by atoms with Crippen LogP contribution in [0.3, 0.4) is 0 Å². The minimum atomic E-state index is 0.296. The molecule has 0 spiro atoms. The highest BCUT2D eigenvalue weighted by atomic mass is 16.2. The van der Waals surface area contributed by atoms with Crippen molar-refractivity contribution >= 4 is 5.91 Å². The lowest BCUT2D eigenvalue weighted by Gasteiger charge is -2.22. The molecule has 1 amide bonds. The van der Waals surface area contributed by atoms with Gasteiger partial charge in [0.05, 0.1) is 6.54 Å². The van der Waals surface area contributed by atoms with Crippen LogP contribution in [0.5, 0.6) is 0 Å². The second kappa shape index (κ2) is 5.17. The zero-order valence-electron chi connectivity index (χ0n) is 10.5. The Balaban J connectivity index is 1.70. The van der Waals surface area contributed by atoms with Crippen LogP contribution >= 0.6 is 0 Å². The average molecular weight is 224 g/mol. The van der Waals surface area contributed by atoms with E-state index in [0.717, 1.165) is 12.5 Å². The van der Waals surface area contributed by atoms with Gasteiger partial charge < -0.3 is 10.2 Å². The summed E-state index contributed by atoms with van der Waals surface area (Å²) in [6.45, 7) is 5.79. The van der Waals surface area contributed by atoms with Gasteiger partial charge >= 0.3 is 0 Å². The van der Waals surface area contributed by atoms with E-state index in [2.05, 4.69) is 19.2 Å². The highest BCUT2D eigenvalue weighted by Gasteiger charge is 2.31. The molecule has 0 heterocycles. The molecule has 2 atom stereocenters. The third kappa shape index (κ3) is 2.97. The summed E-state index contributed by atoms with van der Waals surface area (Å²) in [4.78, 5) is 14.0. The first-order valence-corrected chi connectivity index (χ1v) is 6.73. The van der Waals surface area contributed by atoms with Gasteiger partial charge in [-0.1, -0.05) is 6.92 Å². The summed E-state index contributed by atoms with van der Waals surface area (Å²) in [5, 5.41) is 3.42. The Bertz CT molecular complexity index is 250. The Morgan fingerprint density at radius 2 is 2.06 bits per heavy atom. The molecule has 2 rings (SSSR count). The number of nitrogens with zero attached hydrogens (tertiary/aromatic N) is 1. The molecule has 0 aromatic carbocycles. The molecule has 2 aliphatic rings. The van der Waals surface area contributed by atoms with Gasteiger partial charge in [0.15, 0.2) is 0 Å². The van der Waals surface area contributed by atoms with Gasteiger partial charge in [0.2, 0.25) is 5.91 Å². The summed E-state index contributed by atoms with van der Waals surface area (Å²) in [6, 6.07) is 1.14. The van der Waals surface area contributed by atoms with E-state index in [1.807, 2.05) is 4.90 Å². The van der Waals surface area contributed by atoms with Crippen molar-refractivity contribution in [3.8, 4) is 0 Å². The fourth-order valence-corrected chi connectivity index (χ4v) is 2.75. The lowest BCUT2D eigenvalue weighted by molar-refractivity contribution is -0.130. The number of nitrogens with one attached hydrogen (secondary N) is 1. The summed E-state index contributed by atoms with van der Waals surface area (Å²) in [5.74, 6) is 1.13. The molecule has 2 saturated carbocycles. The zero-order chi connectivity index (χ0) is 11.5. The topological polar surface area (TPSA) is 32.3 Å². The SMILES string of the molecule is CCN(C(=O)CNC1CCC(C)C1)C1CC1. The summed E-state index contributed by atoms with van der Waals surface area (Å²) in [6.07, 6.45) is 6.21. The second-order valence-electron chi connectivity index (χ2n) is 5.41. The predicted molar refractivity (Wildman–Crippen MR) is 65.2 cm³/mol. The Hall–Kier alpha value is -0.570. The number of rotatable bonds is 5. The lowest BCUT2D eigenvalue weighted by Crippen LogP contribution is -2.42. The smallest absolute Gasteiger partial charge is 0.236 e. The molecular weight excluding hydrogens is 200 g/mol. The number of amides is 1. The molecule has 0 radical (unpaired) electrons. The van der Waals surface area contributed by atoms with E-state index in [1.165, 1.54) is 32.1 Å². The molecule has 2 unspecified atom stereocenters. The van der Waals surface area contributed by atoms with Crippen LogP contribution in [-0.4, -0.2) is 36.0 Å². The number of carbonyl (C=O) groups is 1. The lowest BCUT2D eigenvalue weighted by atomic mass is 10.1. The van der Waals surface area contributed by atoms with Crippen LogP contribution in [0.1, 0.15) is 46.0 Å². The van der Waals surface area contributed by atoms with Gasteiger partial charge in [-0.25, -0.2) is 0 Å². The van der Waals surface area contributed by atoms with Crippen LogP contribution in [0.15, 0.2) is 0 Å². The van der Waals surface area contributed by atoms with E-state index in [1.54, 1.807) is 0 Å². The summed E-state index contributed by atoms with van der Waals surface area (Å²) < 4.78 is 0. The van der Waals surface area contributed by atoms with Gasteiger partial charge in [0, 0.05) is 18.6 Å². The maximum atomic E-state index is 12.0. The maximum Gasteiger partial charge on any atom is 0.236 e. The van der Waals surface area contributed by atoms with Crippen molar-refractivity contribution in [2.45, 2.75) is 58.0 Å². The van der Waals surface area contributed by atoms with E-state index in [4.69, 9.17) is 0 Å². The van der Waals surface area contributed by atoms with E-state index >= 15 is 0 Å². The van der Waals surface area contributed by atoms with Crippen LogP contribution in [0, 0.1) is 5.92 Å². The third-order valence-corrected chi connectivity index (χ3v) is 3.89. The van der Waals surface area contributed by atoms with Crippen LogP contribution in [0.25, 0.3) is 0 Å². The number of likely N-dealkylation sites (N-methyl/N-ethyl adjacent to an activating group) is 1. The first kappa shape index (κ1) is 11.9.